The van der Waals surface area contributed by atoms with E-state index in [0.717, 1.165) is 22.3 Å². The van der Waals surface area contributed by atoms with Crippen molar-refractivity contribution in [2.75, 3.05) is 6.61 Å². The number of hydrogen-bond acceptors (Lipinski definition) is 4. The average molecular weight is 447 g/mol. The molecule has 0 heterocycles. The molecule has 0 aromatic heterocycles. The van der Waals surface area contributed by atoms with Crippen LogP contribution in [-0.4, -0.2) is 34.0 Å². The number of carboxylic acids is 1. The second-order valence-electron chi connectivity index (χ2n) is 7.94. The monoisotopic (exact) mass is 446 g/mol. The number of carboxylic acid groups (broad SMARTS) is 1. The molecule has 0 amide bonds. The van der Waals surface area contributed by atoms with Crippen LogP contribution < -0.4 is 4.74 Å². The maximum absolute atomic E-state index is 10.8. The molecule has 3 aromatic rings. The van der Waals surface area contributed by atoms with Gasteiger partial charge in [0.15, 0.2) is 0 Å². The predicted octanol–water partition coefficient (Wildman–Crippen LogP) is 4.82. The third-order valence-electron chi connectivity index (χ3n) is 5.33. The number of aryl methyl sites for hydroxylation is 1. The Morgan fingerprint density at radius 3 is 2.48 bits per heavy atom. The molecule has 0 spiro atoms. The number of para-hydroxylation sites is 1. The number of rotatable bonds is 12. The van der Waals surface area contributed by atoms with Crippen LogP contribution in [0.5, 0.6) is 5.75 Å². The molecule has 2 atom stereocenters. The van der Waals surface area contributed by atoms with Gasteiger partial charge in [-0.15, -0.1) is 0 Å². The van der Waals surface area contributed by atoms with Crippen LogP contribution in [-0.2, 0) is 17.6 Å². The number of aliphatic hydroxyl groups excluding tert-OH is 2. The Morgan fingerprint density at radius 1 is 0.939 bits per heavy atom. The molecule has 33 heavy (non-hydrogen) atoms. The van der Waals surface area contributed by atoms with Crippen LogP contribution in [0.2, 0.25) is 0 Å². The largest absolute Gasteiger partial charge is 0.493 e. The maximum Gasteiger partial charge on any atom is 0.303 e. The highest BCUT2D eigenvalue weighted by molar-refractivity contribution is 5.67. The van der Waals surface area contributed by atoms with E-state index in [0.29, 0.717) is 31.6 Å². The molecule has 0 saturated heterocycles. The minimum Gasteiger partial charge on any atom is -0.493 e. The lowest BCUT2D eigenvalue weighted by atomic mass is 9.99. The standard InChI is InChI=1S/C28H30O5/c29-25(17-18-33-27-12-5-4-10-23(27)14-16-28(31)32)15-13-22-9-6-11-24(19-22)26(30)20-21-7-2-1-3-8-21/h1-13,15,19,25-26,29-30H,14,16-18,20H2,(H,31,32)/b15-13+. The SMILES string of the molecule is O=C(O)CCc1ccccc1OCCC(O)/C=C/c1cccc(C(O)Cc2ccccc2)c1. The molecular weight excluding hydrogens is 416 g/mol. The third kappa shape index (κ3) is 8.22. The van der Waals surface area contributed by atoms with Gasteiger partial charge in [-0.1, -0.05) is 78.9 Å². The number of carbonyl (C=O) groups is 1. The Balaban J connectivity index is 1.50. The number of aliphatic carboxylic acids is 1. The Kier molecular flexibility index (Phi) is 9.24. The summed E-state index contributed by atoms with van der Waals surface area (Å²) < 4.78 is 5.78. The fraction of sp³-hybridized carbons (Fsp3) is 0.250. The van der Waals surface area contributed by atoms with Crippen molar-refractivity contribution in [1.82, 2.24) is 0 Å². The molecule has 0 radical (unpaired) electrons. The van der Waals surface area contributed by atoms with Gasteiger partial charge in [-0.25, -0.2) is 0 Å². The summed E-state index contributed by atoms with van der Waals surface area (Å²) in [7, 11) is 0. The predicted molar refractivity (Wildman–Crippen MR) is 129 cm³/mol. The van der Waals surface area contributed by atoms with Crippen LogP contribution >= 0.6 is 0 Å². The van der Waals surface area contributed by atoms with Gasteiger partial charge in [0.2, 0.25) is 0 Å². The van der Waals surface area contributed by atoms with Gasteiger partial charge >= 0.3 is 5.97 Å². The van der Waals surface area contributed by atoms with Gasteiger partial charge in [-0.2, -0.15) is 0 Å². The van der Waals surface area contributed by atoms with Crippen LogP contribution in [0.25, 0.3) is 6.08 Å². The molecular formula is C28H30O5. The Morgan fingerprint density at radius 2 is 1.70 bits per heavy atom. The van der Waals surface area contributed by atoms with Crippen molar-refractivity contribution >= 4 is 12.0 Å². The van der Waals surface area contributed by atoms with Gasteiger partial charge in [0.25, 0.3) is 0 Å². The number of ether oxygens (including phenoxy) is 1. The van der Waals surface area contributed by atoms with E-state index in [9.17, 15) is 15.0 Å². The lowest BCUT2D eigenvalue weighted by molar-refractivity contribution is -0.136. The second kappa shape index (κ2) is 12.6. The highest BCUT2D eigenvalue weighted by atomic mass is 16.5. The first-order valence-electron chi connectivity index (χ1n) is 11.1. The number of hydrogen-bond donors (Lipinski definition) is 3. The minimum absolute atomic E-state index is 0.0465. The van der Waals surface area contributed by atoms with E-state index in [1.807, 2.05) is 84.9 Å². The van der Waals surface area contributed by atoms with Crippen molar-refractivity contribution < 1.29 is 24.9 Å². The number of aliphatic hydroxyl groups is 2. The lowest BCUT2D eigenvalue weighted by Gasteiger charge is -2.13. The first-order valence-corrected chi connectivity index (χ1v) is 11.1. The first kappa shape index (κ1) is 24.2. The van der Waals surface area contributed by atoms with Gasteiger partial charge < -0.3 is 20.1 Å². The highest BCUT2D eigenvalue weighted by Crippen LogP contribution is 2.21. The van der Waals surface area contributed by atoms with E-state index in [-0.39, 0.29) is 6.42 Å². The fourth-order valence-corrected chi connectivity index (χ4v) is 3.53. The summed E-state index contributed by atoms with van der Waals surface area (Å²) in [5.74, 6) is -0.197. The normalized spacial score (nSPS) is 13.0. The quantitative estimate of drug-likeness (QED) is 0.371. The molecule has 3 aromatic carbocycles. The highest BCUT2D eigenvalue weighted by Gasteiger charge is 2.09. The van der Waals surface area contributed by atoms with Crippen molar-refractivity contribution in [2.45, 2.75) is 37.9 Å². The lowest BCUT2D eigenvalue weighted by Crippen LogP contribution is -2.10. The van der Waals surface area contributed by atoms with Crippen LogP contribution in [0.1, 0.15) is 41.2 Å². The molecule has 0 aliphatic carbocycles. The van der Waals surface area contributed by atoms with Crippen LogP contribution in [0.15, 0.2) is 84.9 Å². The van der Waals surface area contributed by atoms with E-state index in [1.165, 1.54) is 0 Å². The molecule has 0 fully saturated rings. The van der Waals surface area contributed by atoms with Crippen molar-refractivity contribution in [3.8, 4) is 5.75 Å². The molecule has 2 unspecified atom stereocenters. The van der Waals surface area contributed by atoms with Gasteiger partial charge in [-0.3, -0.25) is 4.79 Å². The first-order chi connectivity index (χ1) is 16.0. The van der Waals surface area contributed by atoms with Crippen molar-refractivity contribution in [1.29, 1.82) is 0 Å². The molecule has 0 bridgehead atoms. The van der Waals surface area contributed by atoms with E-state index in [1.54, 1.807) is 6.08 Å². The maximum atomic E-state index is 10.8. The summed E-state index contributed by atoms with van der Waals surface area (Å²) >= 11 is 0. The van der Waals surface area contributed by atoms with Crippen LogP contribution in [0, 0.1) is 0 Å². The number of benzene rings is 3. The molecule has 0 aliphatic rings. The zero-order valence-electron chi connectivity index (χ0n) is 18.5. The molecule has 5 nitrogen and oxygen atoms in total. The van der Waals surface area contributed by atoms with E-state index in [4.69, 9.17) is 9.84 Å². The van der Waals surface area contributed by atoms with E-state index in [2.05, 4.69) is 0 Å². The Labute approximate surface area is 194 Å². The summed E-state index contributed by atoms with van der Waals surface area (Å²) in [5.41, 5.74) is 3.65. The van der Waals surface area contributed by atoms with Crippen LogP contribution in [0.4, 0.5) is 0 Å². The van der Waals surface area contributed by atoms with E-state index < -0.39 is 18.2 Å². The van der Waals surface area contributed by atoms with Gasteiger partial charge in [0, 0.05) is 19.3 Å². The van der Waals surface area contributed by atoms with Crippen molar-refractivity contribution in [3.63, 3.8) is 0 Å². The van der Waals surface area contributed by atoms with Crippen molar-refractivity contribution in [3.05, 3.63) is 107 Å². The Hall–Kier alpha value is -3.41. The second-order valence-corrected chi connectivity index (χ2v) is 7.94. The van der Waals surface area contributed by atoms with Gasteiger partial charge in [0.05, 0.1) is 18.8 Å². The van der Waals surface area contributed by atoms with Gasteiger partial charge in [-0.05, 0) is 40.8 Å². The summed E-state index contributed by atoms with van der Waals surface area (Å²) in [6, 6.07) is 24.9. The minimum atomic E-state index is -0.845. The van der Waals surface area contributed by atoms with E-state index >= 15 is 0 Å². The summed E-state index contributed by atoms with van der Waals surface area (Å²) in [4.78, 5) is 10.8. The topological polar surface area (TPSA) is 87.0 Å². The smallest absolute Gasteiger partial charge is 0.303 e. The Bertz CT molecular complexity index is 1040. The molecule has 3 rings (SSSR count). The van der Waals surface area contributed by atoms with Crippen molar-refractivity contribution in [2.24, 2.45) is 0 Å². The fourth-order valence-electron chi connectivity index (χ4n) is 3.53. The van der Waals surface area contributed by atoms with Gasteiger partial charge in [0.1, 0.15) is 5.75 Å². The molecule has 0 aliphatic heterocycles. The summed E-state index contributed by atoms with van der Waals surface area (Å²) in [5, 5.41) is 29.8. The van der Waals surface area contributed by atoms with Crippen LogP contribution in [0.3, 0.4) is 0 Å². The molecule has 172 valence electrons. The third-order valence-corrected chi connectivity index (χ3v) is 5.33. The zero-order chi connectivity index (χ0) is 23.5. The zero-order valence-corrected chi connectivity index (χ0v) is 18.5. The average Bonchev–Trinajstić information content (AvgIpc) is 2.83. The molecule has 5 heteroatoms. The molecule has 0 saturated carbocycles. The molecule has 3 N–H and O–H groups in total. The summed E-state index contributed by atoms with van der Waals surface area (Å²) in [6.45, 7) is 0.311. The summed E-state index contributed by atoms with van der Waals surface area (Å²) in [6.07, 6.45) is 3.66.